The minimum atomic E-state index is -0.215. The first kappa shape index (κ1) is 14.7. The second kappa shape index (κ2) is 5.07. The summed E-state index contributed by atoms with van der Waals surface area (Å²) in [4.78, 5) is 14.2. The van der Waals surface area contributed by atoms with Gasteiger partial charge in [-0.05, 0) is 20.8 Å². The van der Waals surface area contributed by atoms with Gasteiger partial charge in [-0.15, -0.1) is 0 Å². The second-order valence-electron chi connectivity index (χ2n) is 6.85. The Balaban J connectivity index is 2.45. The van der Waals surface area contributed by atoms with Gasteiger partial charge >= 0.3 is 0 Å². The Labute approximate surface area is 106 Å². The Morgan fingerprint density at radius 1 is 1.41 bits per heavy atom. The fraction of sp³-hybridized carbons (Fsp3) is 0.929. The van der Waals surface area contributed by atoms with Crippen LogP contribution in [0.15, 0.2) is 0 Å². The lowest BCUT2D eigenvalue weighted by Gasteiger charge is -2.41. The normalized spacial score (nSPS) is 25.9. The Hall–Kier alpha value is -0.410. The molecule has 0 amide bonds. The maximum Gasteiger partial charge on any atom is 0.139 e. The molecule has 0 bridgehead atoms. The number of Topliss-reactive ketones (excluding diaryl/α,β-unsaturated/α-hetero) is 1. The molecule has 1 atom stereocenters. The van der Waals surface area contributed by atoms with Crippen molar-refractivity contribution in [2.24, 2.45) is 5.41 Å². The van der Waals surface area contributed by atoms with E-state index < -0.39 is 0 Å². The summed E-state index contributed by atoms with van der Waals surface area (Å²) in [5, 5.41) is 0. The molecule has 1 saturated heterocycles. The van der Waals surface area contributed by atoms with E-state index in [-0.39, 0.29) is 17.1 Å². The van der Waals surface area contributed by atoms with Crippen molar-refractivity contribution in [1.29, 1.82) is 0 Å². The van der Waals surface area contributed by atoms with Gasteiger partial charge < -0.3 is 4.74 Å². The quantitative estimate of drug-likeness (QED) is 0.760. The molecule has 1 unspecified atom stereocenters. The molecule has 0 aromatic carbocycles. The van der Waals surface area contributed by atoms with E-state index in [1.165, 1.54) is 0 Å². The van der Waals surface area contributed by atoms with E-state index >= 15 is 0 Å². The first-order chi connectivity index (χ1) is 7.60. The number of rotatable bonds is 3. The van der Waals surface area contributed by atoms with Crippen LogP contribution in [0.1, 0.15) is 48.0 Å². The van der Waals surface area contributed by atoms with E-state index in [9.17, 15) is 4.79 Å². The summed E-state index contributed by atoms with van der Waals surface area (Å²) in [7, 11) is 0. The van der Waals surface area contributed by atoms with Crippen molar-refractivity contribution in [2.75, 3.05) is 19.6 Å². The number of nitrogens with zero attached hydrogens (tertiary/aromatic N) is 1. The van der Waals surface area contributed by atoms with Gasteiger partial charge in [0.1, 0.15) is 5.78 Å². The number of carbonyl (C=O) groups is 1. The summed E-state index contributed by atoms with van der Waals surface area (Å²) in [6, 6.07) is 0. The van der Waals surface area contributed by atoms with E-state index in [1.54, 1.807) is 0 Å². The third kappa shape index (κ3) is 4.76. The Kier molecular flexibility index (Phi) is 4.37. The van der Waals surface area contributed by atoms with Gasteiger partial charge in [0.15, 0.2) is 0 Å². The van der Waals surface area contributed by atoms with Gasteiger partial charge in [-0.3, -0.25) is 9.69 Å². The van der Waals surface area contributed by atoms with Gasteiger partial charge in [0.2, 0.25) is 0 Å². The van der Waals surface area contributed by atoms with E-state index in [4.69, 9.17) is 4.74 Å². The first-order valence-corrected chi connectivity index (χ1v) is 6.54. The van der Waals surface area contributed by atoms with E-state index in [2.05, 4.69) is 25.7 Å². The van der Waals surface area contributed by atoms with Crippen LogP contribution in [0, 0.1) is 5.41 Å². The number of hydrogen-bond donors (Lipinski definition) is 0. The maximum atomic E-state index is 11.9. The van der Waals surface area contributed by atoms with Crippen molar-refractivity contribution in [3.63, 3.8) is 0 Å². The van der Waals surface area contributed by atoms with Crippen LogP contribution in [0.25, 0.3) is 0 Å². The van der Waals surface area contributed by atoms with Crippen molar-refractivity contribution in [3.8, 4) is 0 Å². The highest BCUT2D eigenvalue weighted by Gasteiger charge is 2.31. The van der Waals surface area contributed by atoms with Crippen LogP contribution in [0.3, 0.4) is 0 Å². The smallest absolute Gasteiger partial charge is 0.139 e. The topological polar surface area (TPSA) is 29.5 Å². The predicted molar refractivity (Wildman–Crippen MR) is 70.1 cm³/mol. The molecule has 17 heavy (non-hydrogen) atoms. The highest BCUT2D eigenvalue weighted by Crippen LogP contribution is 2.22. The lowest BCUT2D eigenvalue weighted by atomic mass is 9.89. The summed E-state index contributed by atoms with van der Waals surface area (Å²) < 4.78 is 5.85. The third-order valence-corrected chi connectivity index (χ3v) is 3.13. The number of hydrogen-bond acceptors (Lipinski definition) is 3. The van der Waals surface area contributed by atoms with Crippen LogP contribution in [-0.4, -0.2) is 42.0 Å². The molecule has 0 radical (unpaired) electrons. The van der Waals surface area contributed by atoms with Crippen LogP contribution in [0.5, 0.6) is 0 Å². The fourth-order valence-corrected chi connectivity index (χ4v) is 2.39. The van der Waals surface area contributed by atoms with Crippen molar-refractivity contribution >= 4 is 5.78 Å². The summed E-state index contributed by atoms with van der Waals surface area (Å²) in [6.07, 6.45) is 0.898. The lowest BCUT2D eigenvalue weighted by Crippen LogP contribution is -2.52. The molecule has 1 heterocycles. The molecule has 0 aromatic rings. The summed E-state index contributed by atoms with van der Waals surface area (Å²) in [6.45, 7) is 15.0. The average Bonchev–Trinajstić information content (AvgIpc) is 2.09. The van der Waals surface area contributed by atoms with Crippen molar-refractivity contribution in [2.45, 2.75) is 59.7 Å². The molecule has 1 fully saturated rings. The van der Waals surface area contributed by atoms with E-state index in [0.29, 0.717) is 12.2 Å². The van der Waals surface area contributed by atoms with Gasteiger partial charge in [-0.25, -0.2) is 0 Å². The molecule has 1 rings (SSSR count). The molecule has 100 valence electrons. The highest BCUT2D eigenvalue weighted by molar-refractivity contribution is 5.83. The maximum absolute atomic E-state index is 11.9. The average molecular weight is 241 g/mol. The molecule has 0 aliphatic carbocycles. The molecule has 1 aliphatic heterocycles. The lowest BCUT2D eigenvalue weighted by molar-refractivity contribution is -0.135. The molecule has 0 N–H and O–H groups in total. The zero-order valence-corrected chi connectivity index (χ0v) is 12.2. The monoisotopic (exact) mass is 241 g/mol. The zero-order chi connectivity index (χ0) is 13.3. The Morgan fingerprint density at radius 3 is 2.47 bits per heavy atom. The van der Waals surface area contributed by atoms with Gasteiger partial charge in [-0.1, -0.05) is 20.8 Å². The van der Waals surface area contributed by atoms with Gasteiger partial charge in [0.05, 0.1) is 11.7 Å². The van der Waals surface area contributed by atoms with E-state index in [1.807, 2.05) is 20.8 Å². The summed E-state index contributed by atoms with van der Waals surface area (Å²) in [5.41, 5.74) is -0.310. The van der Waals surface area contributed by atoms with Gasteiger partial charge in [0.25, 0.3) is 0 Å². The standard InChI is InChI=1S/C14H27NO2/c1-11-9-15(10-14(5,6)17-11)8-7-12(16)13(2,3)4/h11H,7-10H2,1-6H3. The molecule has 0 aromatic heterocycles. The van der Waals surface area contributed by atoms with E-state index in [0.717, 1.165) is 19.6 Å². The predicted octanol–water partition coefficient (Wildman–Crippen LogP) is 2.49. The molecule has 3 heteroatoms. The van der Waals surface area contributed by atoms with Gasteiger partial charge in [0, 0.05) is 31.5 Å². The van der Waals surface area contributed by atoms with Gasteiger partial charge in [-0.2, -0.15) is 0 Å². The minimum absolute atomic E-state index is 0.0948. The molecule has 0 spiro atoms. The molecular formula is C14H27NO2. The minimum Gasteiger partial charge on any atom is -0.370 e. The number of ketones is 1. The Bertz CT molecular complexity index is 278. The summed E-state index contributed by atoms with van der Waals surface area (Å²) >= 11 is 0. The van der Waals surface area contributed by atoms with Crippen LogP contribution in [-0.2, 0) is 9.53 Å². The Morgan fingerprint density at radius 2 is 2.00 bits per heavy atom. The largest absolute Gasteiger partial charge is 0.370 e. The fourth-order valence-electron chi connectivity index (χ4n) is 2.39. The molecule has 3 nitrogen and oxygen atoms in total. The van der Waals surface area contributed by atoms with Crippen molar-refractivity contribution in [1.82, 2.24) is 4.90 Å². The molecule has 1 aliphatic rings. The third-order valence-electron chi connectivity index (χ3n) is 3.13. The van der Waals surface area contributed by atoms with Crippen LogP contribution >= 0.6 is 0 Å². The number of carbonyl (C=O) groups excluding carboxylic acids is 1. The second-order valence-corrected chi connectivity index (χ2v) is 6.85. The van der Waals surface area contributed by atoms with Crippen LogP contribution in [0.4, 0.5) is 0 Å². The number of ether oxygens (including phenoxy) is 1. The SMILES string of the molecule is CC1CN(CCC(=O)C(C)(C)C)CC(C)(C)O1. The van der Waals surface area contributed by atoms with Crippen molar-refractivity contribution < 1.29 is 9.53 Å². The number of morpholine rings is 1. The molecule has 0 saturated carbocycles. The van der Waals surface area contributed by atoms with Crippen LogP contribution < -0.4 is 0 Å². The first-order valence-electron chi connectivity index (χ1n) is 6.54. The van der Waals surface area contributed by atoms with Crippen molar-refractivity contribution in [3.05, 3.63) is 0 Å². The highest BCUT2D eigenvalue weighted by atomic mass is 16.5. The van der Waals surface area contributed by atoms with Crippen LogP contribution in [0.2, 0.25) is 0 Å². The summed E-state index contributed by atoms with van der Waals surface area (Å²) in [5.74, 6) is 0.342. The zero-order valence-electron chi connectivity index (χ0n) is 12.2. The molecular weight excluding hydrogens is 214 g/mol.